The molecule has 1 saturated heterocycles. The van der Waals surface area contributed by atoms with Gasteiger partial charge in [0.1, 0.15) is 0 Å². The minimum atomic E-state index is 0.0357. The Labute approximate surface area is 108 Å². The molecule has 1 aromatic carbocycles. The van der Waals surface area contributed by atoms with Gasteiger partial charge < -0.3 is 15.4 Å². The first-order valence-electron chi connectivity index (χ1n) is 6.30. The van der Waals surface area contributed by atoms with Gasteiger partial charge in [0.05, 0.1) is 0 Å². The number of hydrogen-bond donors (Lipinski definition) is 1. The molecular weight excluding hydrogens is 228 g/mol. The molecule has 0 radical (unpaired) electrons. The molecule has 0 unspecified atom stereocenters. The Balaban J connectivity index is 2.11. The highest BCUT2D eigenvalue weighted by Gasteiger charge is 2.23. The number of hydrogen-bond acceptors (Lipinski definition) is 3. The summed E-state index contributed by atoms with van der Waals surface area (Å²) in [6, 6.07) is 5.76. The lowest BCUT2D eigenvalue weighted by Crippen LogP contribution is -2.40. The van der Waals surface area contributed by atoms with Crippen molar-refractivity contribution in [2.24, 2.45) is 0 Å². The lowest BCUT2D eigenvalue weighted by atomic mass is 10.0. The van der Waals surface area contributed by atoms with Crippen LogP contribution >= 0.6 is 0 Å². The summed E-state index contributed by atoms with van der Waals surface area (Å²) in [5.74, 6) is 0.0357. The van der Waals surface area contributed by atoms with Crippen LogP contribution in [0.25, 0.3) is 0 Å². The largest absolute Gasteiger partial charge is 0.398 e. The Kier molecular flexibility index (Phi) is 3.87. The van der Waals surface area contributed by atoms with Crippen molar-refractivity contribution in [3.63, 3.8) is 0 Å². The molecule has 2 N–H and O–H groups in total. The van der Waals surface area contributed by atoms with Gasteiger partial charge in [-0.2, -0.15) is 0 Å². The highest BCUT2D eigenvalue weighted by molar-refractivity contribution is 5.95. The van der Waals surface area contributed by atoms with E-state index in [4.69, 9.17) is 10.5 Å². The lowest BCUT2D eigenvalue weighted by Gasteiger charge is -2.31. The minimum absolute atomic E-state index is 0.0357. The van der Waals surface area contributed by atoms with Gasteiger partial charge in [-0.15, -0.1) is 0 Å². The number of nitrogens with zero attached hydrogens (tertiary/aromatic N) is 1. The summed E-state index contributed by atoms with van der Waals surface area (Å²) in [6.45, 7) is 3.41. The summed E-state index contributed by atoms with van der Waals surface area (Å²) < 4.78 is 5.31. The number of ether oxygens (including phenoxy) is 1. The van der Waals surface area contributed by atoms with E-state index in [9.17, 15) is 4.79 Å². The van der Waals surface area contributed by atoms with Crippen molar-refractivity contribution in [1.82, 2.24) is 4.90 Å². The molecule has 1 amide bonds. The normalized spacial score (nSPS) is 16.6. The molecule has 1 fully saturated rings. The van der Waals surface area contributed by atoms with E-state index < -0.39 is 0 Å². The Hall–Kier alpha value is -1.55. The Morgan fingerprint density at radius 3 is 2.67 bits per heavy atom. The molecule has 1 aromatic rings. The summed E-state index contributed by atoms with van der Waals surface area (Å²) in [4.78, 5) is 14.1. The summed E-state index contributed by atoms with van der Waals surface area (Å²) in [5.41, 5.74) is 8.17. The van der Waals surface area contributed by atoms with E-state index in [1.165, 1.54) is 0 Å². The van der Waals surface area contributed by atoms with Gasteiger partial charge in [-0.3, -0.25) is 4.79 Å². The van der Waals surface area contributed by atoms with Gasteiger partial charge in [-0.25, -0.2) is 0 Å². The number of aryl methyl sites for hydroxylation is 1. The molecule has 0 saturated carbocycles. The number of amides is 1. The minimum Gasteiger partial charge on any atom is -0.398 e. The molecule has 0 atom stereocenters. The van der Waals surface area contributed by atoms with Crippen molar-refractivity contribution >= 4 is 11.6 Å². The number of carbonyl (C=O) groups excluding carboxylic acids is 1. The van der Waals surface area contributed by atoms with Crippen LogP contribution in [0.5, 0.6) is 0 Å². The van der Waals surface area contributed by atoms with E-state index in [1.807, 2.05) is 31.0 Å². The third-order valence-corrected chi connectivity index (χ3v) is 3.59. The maximum Gasteiger partial charge on any atom is 0.253 e. The Morgan fingerprint density at radius 2 is 2.06 bits per heavy atom. The first-order chi connectivity index (χ1) is 8.59. The molecule has 4 heteroatoms. The average Bonchev–Trinajstić information content (AvgIpc) is 2.41. The molecule has 98 valence electrons. The van der Waals surface area contributed by atoms with Crippen molar-refractivity contribution in [2.45, 2.75) is 25.8 Å². The zero-order chi connectivity index (χ0) is 13.1. The van der Waals surface area contributed by atoms with Crippen LogP contribution in [-0.2, 0) is 4.74 Å². The molecule has 1 aliphatic heterocycles. The van der Waals surface area contributed by atoms with Crippen LogP contribution in [0.4, 0.5) is 5.69 Å². The smallest absolute Gasteiger partial charge is 0.253 e. The second-order valence-electron chi connectivity index (χ2n) is 4.83. The van der Waals surface area contributed by atoms with Gasteiger partial charge in [0.2, 0.25) is 0 Å². The van der Waals surface area contributed by atoms with E-state index >= 15 is 0 Å². The van der Waals surface area contributed by atoms with Crippen LogP contribution < -0.4 is 5.73 Å². The molecule has 4 nitrogen and oxygen atoms in total. The van der Waals surface area contributed by atoms with E-state index in [1.54, 1.807) is 6.07 Å². The van der Waals surface area contributed by atoms with Crippen LogP contribution in [0.2, 0.25) is 0 Å². The van der Waals surface area contributed by atoms with Crippen LogP contribution in [0.1, 0.15) is 28.8 Å². The Bertz CT molecular complexity index is 439. The lowest BCUT2D eigenvalue weighted by molar-refractivity contribution is 0.0362. The molecule has 0 aromatic heterocycles. The van der Waals surface area contributed by atoms with Gasteiger partial charge in [0.25, 0.3) is 5.91 Å². The number of nitrogens with two attached hydrogens (primary N) is 1. The summed E-state index contributed by atoms with van der Waals surface area (Å²) in [6.07, 6.45) is 1.81. The molecule has 0 aliphatic carbocycles. The fourth-order valence-electron chi connectivity index (χ4n) is 2.22. The molecule has 18 heavy (non-hydrogen) atoms. The van der Waals surface area contributed by atoms with Crippen LogP contribution in [0.3, 0.4) is 0 Å². The van der Waals surface area contributed by atoms with Crippen molar-refractivity contribution in [1.29, 1.82) is 0 Å². The fourth-order valence-corrected chi connectivity index (χ4v) is 2.22. The zero-order valence-corrected chi connectivity index (χ0v) is 11.0. The maximum absolute atomic E-state index is 12.3. The van der Waals surface area contributed by atoms with E-state index in [2.05, 4.69) is 0 Å². The third-order valence-electron chi connectivity index (χ3n) is 3.59. The second-order valence-corrected chi connectivity index (χ2v) is 4.83. The summed E-state index contributed by atoms with van der Waals surface area (Å²) in [7, 11) is 1.86. The van der Waals surface area contributed by atoms with Gasteiger partial charge in [-0.05, 0) is 37.5 Å². The topological polar surface area (TPSA) is 55.6 Å². The van der Waals surface area contributed by atoms with E-state index in [0.717, 1.165) is 31.6 Å². The summed E-state index contributed by atoms with van der Waals surface area (Å²) >= 11 is 0. The van der Waals surface area contributed by atoms with Gasteiger partial charge >= 0.3 is 0 Å². The molecule has 0 bridgehead atoms. The predicted octanol–water partition coefficient (Wildman–Crippen LogP) is 1.83. The SMILES string of the molecule is Cc1ccc(C(=O)N(C)C2CCOCC2)cc1N. The number of benzene rings is 1. The average molecular weight is 248 g/mol. The van der Waals surface area contributed by atoms with Gasteiger partial charge in [0, 0.05) is 37.6 Å². The number of rotatable bonds is 2. The van der Waals surface area contributed by atoms with Crippen molar-refractivity contribution in [2.75, 3.05) is 26.0 Å². The van der Waals surface area contributed by atoms with Crippen LogP contribution in [0, 0.1) is 6.92 Å². The molecule has 2 rings (SSSR count). The number of anilines is 1. The van der Waals surface area contributed by atoms with Crippen LogP contribution in [-0.4, -0.2) is 37.1 Å². The van der Waals surface area contributed by atoms with Crippen LogP contribution in [0.15, 0.2) is 18.2 Å². The third kappa shape index (κ3) is 2.64. The molecule has 0 spiro atoms. The highest BCUT2D eigenvalue weighted by atomic mass is 16.5. The fraction of sp³-hybridized carbons (Fsp3) is 0.500. The molecule has 1 heterocycles. The highest BCUT2D eigenvalue weighted by Crippen LogP contribution is 2.18. The Morgan fingerprint density at radius 1 is 1.39 bits per heavy atom. The van der Waals surface area contributed by atoms with Gasteiger partial charge in [0.15, 0.2) is 0 Å². The first-order valence-corrected chi connectivity index (χ1v) is 6.30. The van der Waals surface area contributed by atoms with E-state index in [-0.39, 0.29) is 11.9 Å². The van der Waals surface area contributed by atoms with Gasteiger partial charge in [-0.1, -0.05) is 6.07 Å². The summed E-state index contributed by atoms with van der Waals surface area (Å²) in [5, 5.41) is 0. The van der Waals surface area contributed by atoms with Crippen molar-refractivity contribution < 1.29 is 9.53 Å². The molecular formula is C14H20N2O2. The zero-order valence-electron chi connectivity index (χ0n) is 11.0. The monoisotopic (exact) mass is 248 g/mol. The first kappa shape index (κ1) is 12.9. The van der Waals surface area contributed by atoms with Crippen molar-refractivity contribution in [3.05, 3.63) is 29.3 Å². The molecule has 1 aliphatic rings. The van der Waals surface area contributed by atoms with Crippen molar-refractivity contribution in [3.8, 4) is 0 Å². The number of carbonyl (C=O) groups is 1. The quantitative estimate of drug-likeness (QED) is 0.812. The van der Waals surface area contributed by atoms with E-state index in [0.29, 0.717) is 11.3 Å². The predicted molar refractivity (Wildman–Crippen MR) is 71.5 cm³/mol. The number of nitrogen functional groups attached to an aromatic ring is 1. The standard InChI is InChI=1S/C14H20N2O2/c1-10-3-4-11(9-13(10)15)14(17)16(2)12-5-7-18-8-6-12/h3-4,9,12H,5-8,15H2,1-2H3. The second kappa shape index (κ2) is 5.40. The maximum atomic E-state index is 12.3.